The van der Waals surface area contributed by atoms with Crippen LogP contribution in [0.15, 0.2) is 29.6 Å². The second kappa shape index (κ2) is 7.56. The SMILES string of the molecule is COc1ccc(N(C(=O)c2csc(CC(C)C)n2)C(C)C2CC2)cc1. The molecular formula is C20H26N2O2S. The maximum atomic E-state index is 13.2. The van der Waals surface area contributed by atoms with E-state index in [4.69, 9.17) is 4.74 Å². The third-order valence-corrected chi connectivity index (χ3v) is 5.51. The van der Waals surface area contributed by atoms with Crippen LogP contribution in [0.2, 0.25) is 0 Å². The molecule has 0 saturated heterocycles. The van der Waals surface area contributed by atoms with Gasteiger partial charge in [-0.05, 0) is 55.9 Å². The van der Waals surface area contributed by atoms with Crippen molar-refractivity contribution in [3.05, 3.63) is 40.3 Å². The van der Waals surface area contributed by atoms with Gasteiger partial charge in [0.15, 0.2) is 0 Å². The van der Waals surface area contributed by atoms with Gasteiger partial charge in [-0.2, -0.15) is 0 Å². The van der Waals surface area contributed by atoms with Crippen LogP contribution < -0.4 is 9.64 Å². The summed E-state index contributed by atoms with van der Waals surface area (Å²) in [6.45, 7) is 6.48. The largest absolute Gasteiger partial charge is 0.497 e. The third kappa shape index (κ3) is 4.21. The molecule has 134 valence electrons. The van der Waals surface area contributed by atoms with Crippen LogP contribution in [0.3, 0.4) is 0 Å². The number of hydrogen-bond acceptors (Lipinski definition) is 4. The van der Waals surface area contributed by atoms with Crippen LogP contribution in [0.5, 0.6) is 5.75 Å². The number of carbonyl (C=O) groups excluding carboxylic acids is 1. The molecule has 1 aliphatic rings. The number of rotatable bonds is 7. The Morgan fingerprint density at radius 1 is 1.28 bits per heavy atom. The zero-order valence-electron chi connectivity index (χ0n) is 15.4. The van der Waals surface area contributed by atoms with Crippen molar-refractivity contribution in [3.63, 3.8) is 0 Å². The van der Waals surface area contributed by atoms with E-state index in [2.05, 4.69) is 25.8 Å². The molecule has 0 N–H and O–H groups in total. The summed E-state index contributed by atoms with van der Waals surface area (Å²) in [4.78, 5) is 19.7. The summed E-state index contributed by atoms with van der Waals surface area (Å²) in [5, 5.41) is 2.93. The molecule has 1 aromatic heterocycles. The van der Waals surface area contributed by atoms with Crippen LogP contribution in [-0.2, 0) is 6.42 Å². The number of anilines is 1. The van der Waals surface area contributed by atoms with Crippen molar-refractivity contribution in [2.75, 3.05) is 12.0 Å². The fourth-order valence-corrected chi connectivity index (χ4v) is 4.03. The third-order valence-electron chi connectivity index (χ3n) is 4.63. The van der Waals surface area contributed by atoms with E-state index >= 15 is 0 Å². The molecule has 0 radical (unpaired) electrons. The zero-order chi connectivity index (χ0) is 18.0. The molecule has 0 bridgehead atoms. The number of amides is 1. The fourth-order valence-electron chi connectivity index (χ4n) is 3.05. The number of methoxy groups -OCH3 is 1. The molecule has 1 aromatic carbocycles. The first-order valence-corrected chi connectivity index (χ1v) is 9.79. The van der Waals surface area contributed by atoms with Gasteiger partial charge in [0.25, 0.3) is 5.91 Å². The minimum absolute atomic E-state index is 0.00387. The second-order valence-electron chi connectivity index (χ2n) is 7.18. The number of ether oxygens (including phenoxy) is 1. The molecule has 2 aromatic rings. The van der Waals surface area contributed by atoms with E-state index in [1.54, 1.807) is 18.4 Å². The molecule has 1 fully saturated rings. The number of benzene rings is 1. The van der Waals surface area contributed by atoms with Crippen LogP contribution in [0.25, 0.3) is 0 Å². The summed E-state index contributed by atoms with van der Waals surface area (Å²) >= 11 is 1.58. The normalized spacial score (nSPS) is 15.2. The molecule has 0 spiro atoms. The van der Waals surface area contributed by atoms with E-state index in [1.165, 1.54) is 12.8 Å². The Kier molecular flexibility index (Phi) is 5.42. The van der Waals surface area contributed by atoms with Crippen molar-refractivity contribution in [2.45, 2.75) is 46.1 Å². The summed E-state index contributed by atoms with van der Waals surface area (Å²) < 4.78 is 5.24. The Labute approximate surface area is 153 Å². The van der Waals surface area contributed by atoms with E-state index < -0.39 is 0 Å². The monoisotopic (exact) mass is 358 g/mol. The zero-order valence-corrected chi connectivity index (χ0v) is 16.2. The van der Waals surface area contributed by atoms with Gasteiger partial charge in [0.1, 0.15) is 11.4 Å². The van der Waals surface area contributed by atoms with E-state index in [9.17, 15) is 4.79 Å². The first-order chi connectivity index (χ1) is 12.0. The summed E-state index contributed by atoms with van der Waals surface area (Å²) in [5.74, 6) is 1.91. The van der Waals surface area contributed by atoms with Crippen molar-refractivity contribution in [1.29, 1.82) is 0 Å². The van der Waals surface area contributed by atoms with Gasteiger partial charge in [-0.1, -0.05) is 13.8 Å². The topological polar surface area (TPSA) is 42.4 Å². The average molecular weight is 359 g/mol. The van der Waals surface area contributed by atoms with Gasteiger partial charge >= 0.3 is 0 Å². The van der Waals surface area contributed by atoms with Gasteiger partial charge in [-0.25, -0.2) is 4.98 Å². The molecule has 25 heavy (non-hydrogen) atoms. The first-order valence-electron chi connectivity index (χ1n) is 8.91. The van der Waals surface area contributed by atoms with Crippen LogP contribution in [0.4, 0.5) is 5.69 Å². The molecule has 1 aliphatic carbocycles. The highest BCUT2D eigenvalue weighted by atomic mass is 32.1. The van der Waals surface area contributed by atoms with Gasteiger partial charge in [-0.3, -0.25) is 4.79 Å². The molecule has 1 saturated carbocycles. The summed E-state index contributed by atoms with van der Waals surface area (Å²) in [6.07, 6.45) is 3.30. The van der Waals surface area contributed by atoms with E-state index in [0.717, 1.165) is 22.9 Å². The lowest BCUT2D eigenvalue weighted by atomic mass is 10.1. The van der Waals surface area contributed by atoms with Crippen LogP contribution in [-0.4, -0.2) is 24.0 Å². The standard InChI is InChI=1S/C20H26N2O2S/c1-13(2)11-19-21-18(12-25-19)20(23)22(14(3)15-5-6-15)16-7-9-17(24-4)10-8-16/h7-10,12-15H,5-6,11H2,1-4H3. The predicted octanol–water partition coefficient (Wildman–Crippen LogP) is 4.80. The molecule has 5 heteroatoms. The molecular weight excluding hydrogens is 332 g/mol. The van der Waals surface area contributed by atoms with Crippen LogP contribution >= 0.6 is 11.3 Å². The number of hydrogen-bond donors (Lipinski definition) is 0. The Bertz CT molecular complexity index is 720. The molecule has 4 nitrogen and oxygen atoms in total. The smallest absolute Gasteiger partial charge is 0.278 e. The van der Waals surface area contributed by atoms with Crippen molar-refractivity contribution >= 4 is 22.9 Å². The highest BCUT2D eigenvalue weighted by Crippen LogP contribution is 2.38. The summed E-state index contributed by atoms with van der Waals surface area (Å²) in [7, 11) is 1.65. The van der Waals surface area contributed by atoms with Gasteiger partial charge in [0, 0.05) is 23.5 Å². The van der Waals surface area contributed by atoms with E-state index in [-0.39, 0.29) is 11.9 Å². The highest BCUT2D eigenvalue weighted by molar-refractivity contribution is 7.09. The van der Waals surface area contributed by atoms with E-state index in [0.29, 0.717) is 17.5 Å². The molecule has 3 rings (SSSR count). The number of nitrogens with zero attached hydrogens (tertiary/aromatic N) is 2. The Balaban J connectivity index is 1.87. The van der Waals surface area contributed by atoms with Gasteiger partial charge < -0.3 is 9.64 Å². The van der Waals surface area contributed by atoms with Gasteiger partial charge in [0.05, 0.1) is 12.1 Å². The number of aromatic nitrogens is 1. The average Bonchev–Trinajstić information content (AvgIpc) is 3.35. The summed E-state index contributed by atoms with van der Waals surface area (Å²) in [5.41, 5.74) is 1.47. The van der Waals surface area contributed by atoms with Crippen molar-refractivity contribution in [1.82, 2.24) is 4.98 Å². The molecule has 1 atom stereocenters. The minimum atomic E-state index is -0.00387. The number of thiazole rings is 1. The molecule has 1 unspecified atom stereocenters. The van der Waals surface area contributed by atoms with Crippen molar-refractivity contribution in [3.8, 4) is 5.75 Å². The van der Waals surface area contributed by atoms with Crippen LogP contribution in [0.1, 0.15) is 49.1 Å². The summed E-state index contributed by atoms with van der Waals surface area (Å²) in [6, 6.07) is 7.89. The maximum Gasteiger partial charge on any atom is 0.278 e. The lowest BCUT2D eigenvalue weighted by Crippen LogP contribution is -2.40. The van der Waals surface area contributed by atoms with Crippen LogP contribution in [0, 0.1) is 11.8 Å². The van der Waals surface area contributed by atoms with Gasteiger partial charge in [-0.15, -0.1) is 11.3 Å². The highest BCUT2D eigenvalue weighted by Gasteiger charge is 2.36. The van der Waals surface area contributed by atoms with Crippen molar-refractivity contribution < 1.29 is 9.53 Å². The quantitative estimate of drug-likeness (QED) is 0.714. The van der Waals surface area contributed by atoms with E-state index in [1.807, 2.05) is 34.5 Å². The maximum absolute atomic E-state index is 13.2. The lowest BCUT2D eigenvalue weighted by molar-refractivity contribution is 0.0971. The second-order valence-corrected chi connectivity index (χ2v) is 8.12. The molecule has 0 aliphatic heterocycles. The Morgan fingerprint density at radius 2 is 1.96 bits per heavy atom. The first kappa shape index (κ1) is 17.9. The van der Waals surface area contributed by atoms with Gasteiger partial charge in [0.2, 0.25) is 0 Å². The fraction of sp³-hybridized carbons (Fsp3) is 0.500. The molecule has 1 amide bonds. The number of carbonyl (C=O) groups is 1. The Morgan fingerprint density at radius 3 is 2.52 bits per heavy atom. The minimum Gasteiger partial charge on any atom is -0.497 e. The predicted molar refractivity (Wildman–Crippen MR) is 103 cm³/mol. The van der Waals surface area contributed by atoms with Crippen molar-refractivity contribution in [2.24, 2.45) is 11.8 Å². The lowest BCUT2D eigenvalue weighted by Gasteiger charge is -2.29. The molecule has 1 heterocycles. The Hall–Kier alpha value is -1.88.